The van der Waals surface area contributed by atoms with E-state index in [0.29, 0.717) is 24.9 Å². The number of ether oxygens (including phenoxy) is 1. The Labute approximate surface area is 118 Å². The van der Waals surface area contributed by atoms with Crippen molar-refractivity contribution in [2.75, 3.05) is 11.9 Å². The van der Waals surface area contributed by atoms with E-state index in [0.717, 1.165) is 25.0 Å². The van der Waals surface area contributed by atoms with Crippen molar-refractivity contribution in [3.8, 4) is 5.88 Å². The summed E-state index contributed by atoms with van der Waals surface area (Å²) in [5, 5.41) is 12.3. The highest BCUT2D eigenvalue weighted by atomic mass is 16.5. The molecule has 0 spiro atoms. The number of rotatable bonds is 5. The smallest absolute Gasteiger partial charge is 0.306 e. The molecule has 1 aliphatic rings. The van der Waals surface area contributed by atoms with E-state index >= 15 is 0 Å². The third kappa shape index (κ3) is 3.82. The fourth-order valence-corrected chi connectivity index (χ4v) is 2.55. The predicted molar refractivity (Wildman–Crippen MR) is 74.9 cm³/mol. The molecule has 0 radical (unpaired) electrons. The van der Waals surface area contributed by atoms with Gasteiger partial charge in [0.1, 0.15) is 0 Å². The monoisotopic (exact) mass is 279 g/mol. The summed E-state index contributed by atoms with van der Waals surface area (Å²) in [5.41, 5.74) is 0.830. The zero-order valence-electron chi connectivity index (χ0n) is 11.9. The van der Waals surface area contributed by atoms with Crippen LogP contribution in [0.2, 0.25) is 0 Å². The Balaban J connectivity index is 2.03. The van der Waals surface area contributed by atoms with Gasteiger partial charge in [0.2, 0.25) is 11.8 Å². The van der Waals surface area contributed by atoms with Crippen LogP contribution in [0.25, 0.3) is 0 Å². The van der Waals surface area contributed by atoms with Gasteiger partial charge in [-0.05, 0) is 33.1 Å². The van der Waals surface area contributed by atoms with Crippen LogP contribution in [0.15, 0.2) is 6.07 Å². The summed E-state index contributed by atoms with van der Waals surface area (Å²) in [5.74, 6) is 0.0895. The van der Waals surface area contributed by atoms with Gasteiger partial charge >= 0.3 is 5.97 Å². The molecule has 0 aromatic carbocycles. The number of carboxylic acid groups (broad SMARTS) is 1. The summed E-state index contributed by atoms with van der Waals surface area (Å²) in [6.45, 7) is 4.35. The van der Waals surface area contributed by atoms with Gasteiger partial charge in [-0.25, -0.2) is 4.98 Å². The lowest BCUT2D eigenvalue weighted by Gasteiger charge is -2.27. The first kappa shape index (κ1) is 14.6. The van der Waals surface area contributed by atoms with Crippen LogP contribution < -0.4 is 10.1 Å². The standard InChI is InChI=1S/C14H21N3O3/c1-3-20-12-7-9(2)15-14(17-12)16-11-6-4-5-10(8-11)13(18)19/h7,10-11H,3-6,8H2,1-2H3,(H,18,19)(H,15,16,17). The van der Waals surface area contributed by atoms with Crippen molar-refractivity contribution < 1.29 is 14.6 Å². The minimum absolute atomic E-state index is 0.112. The van der Waals surface area contributed by atoms with Crippen molar-refractivity contribution in [3.63, 3.8) is 0 Å². The lowest BCUT2D eigenvalue weighted by molar-refractivity contribution is -0.142. The van der Waals surface area contributed by atoms with Crippen LogP contribution >= 0.6 is 0 Å². The molecule has 110 valence electrons. The van der Waals surface area contributed by atoms with E-state index in [4.69, 9.17) is 9.84 Å². The van der Waals surface area contributed by atoms with Crippen LogP contribution in [0, 0.1) is 12.8 Å². The summed E-state index contributed by atoms with van der Waals surface area (Å²) >= 11 is 0. The maximum atomic E-state index is 11.1. The molecule has 1 aliphatic carbocycles. The molecule has 2 rings (SSSR count). The van der Waals surface area contributed by atoms with Gasteiger partial charge in [-0.2, -0.15) is 4.98 Å². The van der Waals surface area contributed by atoms with Crippen LogP contribution in [0.4, 0.5) is 5.95 Å². The van der Waals surface area contributed by atoms with E-state index in [2.05, 4.69) is 15.3 Å². The second kappa shape index (κ2) is 6.54. The van der Waals surface area contributed by atoms with Gasteiger partial charge in [-0.3, -0.25) is 4.79 Å². The topological polar surface area (TPSA) is 84.3 Å². The lowest BCUT2D eigenvalue weighted by atomic mass is 9.86. The predicted octanol–water partition coefficient (Wildman–Crippen LogP) is 2.24. The maximum Gasteiger partial charge on any atom is 0.306 e. The van der Waals surface area contributed by atoms with Crippen LogP contribution in [0.3, 0.4) is 0 Å². The van der Waals surface area contributed by atoms with E-state index in [1.807, 2.05) is 13.8 Å². The lowest BCUT2D eigenvalue weighted by Crippen LogP contribution is -2.31. The highest BCUT2D eigenvalue weighted by Crippen LogP contribution is 2.26. The summed E-state index contributed by atoms with van der Waals surface area (Å²) in [7, 11) is 0. The first-order valence-corrected chi connectivity index (χ1v) is 7.06. The molecule has 20 heavy (non-hydrogen) atoms. The number of hydrogen-bond donors (Lipinski definition) is 2. The molecule has 2 unspecified atom stereocenters. The Morgan fingerprint density at radius 1 is 1.50 bits per heavy atom. The van der Waals surface area contributed by atoms with Gasteiger partial charge in [-0.15, -0.1) is 0 Å². The molecule has 6 heteroatoms. The number of nitrogens with zero attached hydrogens (tertiary/aromatic N) is 2. The van der Waals surface area contributed by atoms with Crippen LogP contribution in [-0.2, 0) is 4.79 Å². The Hall–Kier alpha value is -1.85. The van der Waals surface area contributed by atoms with E-state index < -0.39 is 5.97 Å². The van der Waals surface area contributed by atoms with Crippen molar-refractivity contribution >= 4 is 11.9 Å². The molecule has 2 atom stereocenters. The third-order valence-electron chi connectivity index (χ3n) is 3.48. The van der Waals surface area contributed by atoms with Crippen LogP contribution in [0.1, 0.15) is 38.3 Å². The molecule has 1 saturated carbocycles. The molecule has 1 aromatic rings. The van der Waals surface area contributed by atoms with Crippen molar-refractivity contribution in [2.24, 2.45) is 5.92 Å². The number of hydrogen-bond acceptors (Lipinski definition) is 5. The van der Waals surface area contributed by atoms with E-state index in [1.165, 1.54) is 0 Å². The van der Waals surface area contributed by atoms with Gasteiger partial charge in [0.05, 0.1) is 12.5 Å². The molecule has 1 heterocycles. The van der Waals surface area contributed by atoms with Gasteiger partial charge < -0.3 is 15.2 Å². The zero-order chi connectivity index (χ0) is 14.5. The zero-order valence-corrected chi connectivity index (χ0v) is 11.9. The molecule has 6 nitrogen and oxygen atoms in total. The fraction of sp³-hybridized carbons (Fsp3) is 0.643. The normalized spacial score (nSPS) is 22.3. The summed E-state index contributed by atoms with van der Waals surface area (Å²) < 4.78 is 5.39. The Bertz CT molecular complexity index is 479. The average molecular weight is 279 g/mol. The van der Waals surface area contributed by atoms with Crippen molar-refractivity contribution in [2.45, 2.75) is 45.6 Å². The number of nitrogens with one attached hydrogen (secondary N) is 1. The van der Waals surface area contributed by atoms with Gasteiger partial charge in [-0.1, -0.05) is 6.42 Å². The Morgan fingerprint density at radius 3 is 3.00 bits per heavy atom. The highest BCUT2D eigenvalue weighted by molar-refractivity contribution is 5.70. The number of anilines is 1. The van der Waals surface area contributed by atoms with Gasteiger partial charge in [0, 0.05) is 17.8 Å². The van der Waals surface area contributed by atoms with Gasteiger partial charge in [0.25, 0.3) is 0 Å². The number of aliphatic carboxylic acids is 1. The van der Waals surface area contributed by atoms with Crippen LogP contribution in [-0.4, -0.2) is 33.7 Å². The number of carbonyl (C=O) groups is 1. The Kier molecular flexibility index (Phi) is 4.76. The minimum atomic E-state index is -0.711. The second-order valence-electron chi connectivity index (χ2n) is 5.15. The SMILES string of the molecule is CCOc1cc(C)nc(NC2CCCC(C(=O)O)C2)n1. The fourth-order valence-electron chi connectivity index (χ4n) is 2.55. The Morgan fingerprint density at radius 2 is 2.30 bits per heavy atom. The number of carboxylic acids is 1. The van der Waals surface area contributed by atoms with E-state index in [1.54, 1.807) is 6.07 Å². The minimum Gasteiger partial charge on any atom is -0.481 e. The molecular weight excluding hydrogens is 258 g/mol. The molecule has 0 bridgehead atoms. The molecule has 0 aliphatic heterocycles. The molecule has 1 aromatic heterocycles. The third-order valence-corrected chi connectivity index (χ3v) is 3.48. The quantitative estimate of drug-likeness (QED) is 0.860. The van der Waals surface area contributed by atoms with E-state index in [-0.39, 0.29) is 12.0 Å². The van der Waals surface area contributed by atoms with Gasteiger partial charge in [0.15, 0.2) is 0 Å². The second-order valence-corrected chi connectivity index (χ2v) is 5.15. The van der Waals surface area contributed by atoms with E-state index in [9.17, 15) is 4.79 Å². The highest BCUT2D eigenvalue weighted by Gasteiger charge is 2.27. The molecule has 0 saturated heterocycles. The number of aromatic nitrogens is 2. The average Bonchev–Trinajstić information content (AvgIpc) is 2.38. The largest absolute Gasteiger partial charge is 0.481 e. The first-order valence-electron chi connectivity index (χ1n) is 7.06. The number of aryl methyl sites for hydroxylation is 1. The molecule has 2 N–H and O–H groups in total. The summed E-state index contributed by atoms with van der Waals surface area (Å²) in [6.07, 6.45) is 3.24. The summed E-state index contributed by atoms with van der Waals surface area (Å²) in [6, 6.07) is 1.90. The van der Waals surface area contributed by atoms with Crippen molar-refractivity contribution in [3.05, 3.63) is 11.8 Å². The molecular formula is C14H21N3O3. The van der Waals surface area contributed by atoms with Crippen LogP contribution in [0.5, 0.6) is 5.88 Å². The van der Waals surface area contributed by atoms with Crippen molar-refractivity contribution in [1.29, 1.82) is 0 Å². The molecule has 1 fully saturated rings. The first-order chi connectivity index (χ1) is 9.58. The summed E-state index contributed by atoms with van der Waals surface area (Å²) in [4.78, 5) is 19.7. The maximum absolute atomic E-state index is 11.1. The molecule has 0 amide bonds. The van der Waals surface area contributed by atoms with Crippen molar-refractivity contribution in [1.82, 2.24) is 9.97 Å².